The minimum atomic E-state index is -0.429. The van der Waals surface area contributed by atoms with E-state index in [1.165, 1.54) is 4.52 Å². The van der Waals surface area contributed by atoms with Crippen LogP contribution in [0.2, 0.25) is 0 Å². The first-order chi connectivity index (χ1) is 20.4. The SMILES string of the molecule is CCCOc1ccc(-c2nn(-c3ccccc3)cc2C=c2sc3nc(=O)c(Cc4ccc(C)cc4)nn3c2=O)cc1C. The van der Waals surface area contributed by atoms with Gasteiger partial charge in [-0.15, -0.1) is 0 Å². The molecule has 0 saturated carbocycles. The quantitative estimate of drug-likeness (QED) is 0.256. The molecule has 0 aliphatic heterocycles. The Hall–Kier alpha value is -4.89. The molecule has 0 radical (unpaired) electrons. The van der Waals surface area contributed by atoms with Crippen LogP contribution in [-0.2, 0) is 6.42 Å². The highest BCUT2D eigenvalue weighted by atomic mass is 32.1. The first kappa shape index (κ1) is 27.3. The maximum Gasteiger partial charge on any atom is 0.296 e. The van der Waals surface area contributed by atoms with Gasteiger partial charge in [0, 0.05) is 23.7 Å². The predicted octanol–water partition coefficient (Wildman–Crippen LogP) is 4.91. The van der Waals surface area contributed by atoms with Crippen LogP contribution >= 0.6 is 11.3 Å². The second-order valence-corrected chi connectivity index (χ2v) is 11.2. The first-order valence-electron chi connectivity index (χ1n) is 13.8. The van der Waals surface area contributed by atoms with E-state index in [4.69, 9.17) is 9.84 Å². The number of hydrogen-bond acceptors (Lipinski definition) is 7. The summed E-state index contributed by atoms with van der Waals surface area (Å²) >= 11 is 1.14. The molecule has 0 N–H and O–H groups in total. The van der Waals surface area contributed by atoms with Gasteiger partial charge in [0.05, 0.1) is 16.8 Å². The van der Waals surface area contributed by atoms with Gasteiger partial charge >= 0.3 is 0 Å². The summed E-state index contributed by atoms with van der Waals surface area (Å²) in [6.45, 7) is 6.74. The van der Waals surface area contributed by atoms with Crippen LogP contribution in [0.4, 0.5) is 0 Å². The fourth-order valence-corrected chi connectivity index (χ4v) is 5.59. The van der Waals surface area contributed by atoms with Crippen molar-refractivity contribution in [3.63, 3.8) is 0 Å². The molecular formula is C33H29N5O3S. The normalized spacial score (nSPS) is 11.8. The molecule has 0 aliphatic carbocycles. The number of aryl methyl sites for hydroxylation is 2. The van der Waals surface area contributed by atoms with E-state index >= 15 is 0 Å². The number of benzene rings is 3. The van der Waals surface area contributed by atoms with E-state index in [9.17, 15) is 9.59 Å². The summed E-state index contributed by atoms with van der Waals surface area (Å²) in [6.07, 6.45) is 4.93. The van der Waals surface area contributed by atoms with Crippen LogP contribution < -0.4 is 20.4 Å². The summed E-state index contributed by atoms with van der Waals surface area (Å²) in [4.78, 5) is 30.8. The Balaban J connectivity index is 1.45. The standard InChI is InChI=1S/C33H29N5O3S/c1-4-16-41-28-15-14-24(17-22(28)3)30-25(20-37(36-30)26-8-6-5-7-9-26)19-29-32(40)38-33(42-29)34-31(39)27(35-38)18-23-12-10-21(2)11-13-23/h5-15,17,19-20H,4,16,18H2,1-3H3. The third-order valence-electron chi connectivity index (χ3n) is 6.90. The number of para-hydroxylation sites is 1. The molecule has 210 valence electrons. The Bertz CT molecular complexity index is 2060. The minimum Gasteiger partial charge on any atom is -0.493 e. The van der Waals surface area contributed by atoms with Crippen molar-refractivity contribution in [3.05, 3.63) is 132 Å². The predicted molar refractivity (Wildman–Crippen MR) is 166 cm³/mol. The summed E-state index contributed by atoms with van der Waals surface area (Å²) in [5.41, 5.74) is 5.80. The fourth-order valence-electron chi connectivity index (χ4n) is 4.69. The molecule has 3 heterocycles. The molecule has 9 heteroatoms. The molecule has 6 aromatic rings. The third kappa shape index (κ3) is 5.51. The average molecular weight is 576 g/mol. The van der Waals surface area contributed by atoms with Gasteiger partial charge in [-0.25, -0.2) is 4.68 Å². The van der Waals surface area contributed by atoms with E-state index in [0.29, 0.717) is 17.6 Å². The van der Waals surface area contributed by atoms with Crippen LogP contribution in [0.15, 0.2) is 88.6 Å². The van der Waals surface area contributed by atoms with Gasteiger partial charge in [0.25, 0.3) is 11.1 Å². The van der Waals surface area contributed by atoms with Crippen LogP contribution in [0.1, 0.15) is 41.3 Å². The molecule has 42 heavy (non-hydrogen) atoms. The molecule has 0 bridgehead atoms. The second kappa shape index (κ2) is 11.5. The van der Waals surface area contributed by atoms with Gasteiger partial charge in [-0.3, -0.25) is 9.59 Å². The van der Waals surface area contributed by atoms with Crippen molar-refractivity contribution in [2.75, 3.05) is 6.61 Å². The van der Waals surface area contributed by atoms with Gasteiger partial charge in [-0.05, 0) is 67.8 Å². The molecule has 0 saturated heterocycles. The Morgan fingerprint density at radius 1 is 0.952 bits per heavy atom. The number of aromatic nitrogens is 5. The largest absolute Gasteiger partial charge is 0.493 e. The highest BCUT2D eigenvalue weighted by Crippen LogP contribution is 2.29. The van der Waals surface area contributed by atoms with Crippen LogP contribution in [-0.4, -0.2) is 31.0 Å². The van der Waals surface area contributed by atoms with Crippen LogP contribution in [0.25, 0.3) is 28.0 Å². The topological polar surface area (TPSA) is 91.4 Å². The summed E-state index contributed by atoms with van der Waals surface area (Å²) in [6, 6.07) is 23.7. The Kier molecular flexibility index (Phi) is 7.50. The molecule has 6 rings (SSSR count). The monoisotopic (exact) mass is 575 g/mol. The molecule has 3 aromatic heterocycles. The summed E-state index contributed by atoms with van der Waals surface area (Å²) in [5, 5.41) is 9.32. The maximum atomic E-state index is 13.5. The highest BCUT2D eigenvalue weighted by Gasteiger charge is 2.16. The number of hydrogen-bond donors (Lipinski definition) is 0. The molecule has 3 aromatic carbocycles. The van der Waals surface area contributed by atoms with Crippen molar-refractivity contribution in [2.24, 2.45) is 0 Å². The van der Waals surface area contributed by atoms with Crippen molar-refractivity contribution in [1.29, 1.82) is 0 Å². The minimum absolute atomic E-state index is 0.233. The number of nitrogens with zero attached hydrogens (tertiary/aromatic N) is 5. The van der Waals surface area contributed by atoms with Crippen molar-refractivity contribution in [3.8, 4) is 22.7 Å². The summed E-state index contributed by atoms with van der Waals surface area (Å²) in [5.74, 6) is 0.836. The number of thiazole rings is 1. The summed E-state index contributed by atoms with van der Waals surface area (Å²) in [7, 11) is 0. The second-order valence-electron chi connectivity index (χ2n) is 10.2. The lowest BCUT2D eigenvalue weighted by Crippen LogP contribution is -2.28. The molecule has 0 amide bonds. The molecular weight excluding hydrogens is 546 g/mol. The van der Waals surface area contributed by atoms with Gasteiger partial charge in [0.15, 0.2) is 0 Å². The molecule has 0 fully saturated rings. The van der Waals surface area contributed by atoms with Crippen LogP contribution in [0.5, 0.6) is 5.75 Å². The van der Waals surface area contributed by atoms with Gasteiger partial charge in [-0.2, -0.15) is 19.7 Å². The van der Waals surface area contributed by atoms with Crippen LogP contribution in [0.3, 0.4) is 0 Å². The number of rotatable bonds is 8. The maximum absolute atomic E-state index is 13.5. The van der Waals surface area contributed by atoms with Crippen molar-refractivity contribution >= 4 is 22.4 Å². The highest BCUT2D eigenvalue weighted by molar-refractivity contribution is 7.15. The zero-order valence-electron chi connectivity index (χ0n) is 23.6. The summed E-state index contributed by atoms with van der Waals surface area (Å²) < 4.78 is 9.31. The first-order valence-corrected chi connectivity index (χ1v) is 14.6. The third-order valence-corrected chi connectivity index (χ3v) is 7.86. The Morgan fingerprint density at radius 2 is 1.74 bits per heavy atom. The molecule has 0 atom stereocenters. The van der Waals surface area contributed by atoms with E-state index in [1.807, 2.05) is 92.8 Å². The van der Waals surface area contributed by atoms with E-state index in [-0.39, 0.29) is 16.2 Å². The zero-order valence-corrected chi connectivity index (χ0v) is 24.4. The van der Waals surface area contributed by atoms with E-state index in [0.717, 1.165) is 62.7 Å². The van der Waals surface area contributed by atoms with E-state index in [1.54, 1.807) is 10.8 Å². The van der Waals surface area contributed by atoms with E-state index < -0.39 is 5.56 Å². The van der Waals surface area contributed by atoms with E-state index in [2.05, 4.69) is 17.0 Å². The van der Waals surface area contributed by atoms with Crippen LogP contribution in [0, 0.1) is 13.8 Å². The zero-order chi connectivity index (χ0) is 29.2. The van der Waals surface area contributed by atoms with Crippen molar-refractivity contribution < 1.29 is 4.74 Å². The lowest BCUT2D eigenvalue weighted by molar-refractivity contribution is 0.315. The molecule has 0 aliphatic rings. The number of fused-ring (bicyclic) bond motifs is 1. The number of ether oxygens (including phenoxy) is 1. The molecule has 0 unspecified atom stereocenters. The van der Waals surface area contributed by atoms with Gasteiger partial charge in [-0.1, -0.05) is 66.3 Å². The van der Waals surface area contributed by atoms with Gasteiger partial charge < -0.3 is 4.74 Å². The molecule has 0 spiro atoms. The molecule has 8 nitrogen and oxygen atoms in total. The average Bonchev–Trinajstić information content (AvgIpc) is 3.55. The van der Waals surface area contributed by atoms with Gasteiger partial charge in [0.2, 0.25) is 4.96 Å². The lowest BCUT2D eigenvalue weighted by atomic mass is 10.0. The van der Waals surface area contributed by atoms with Crippen molar-refractivity contribution in [1.82, 2.24) is 24.4 Å². The van der Waals surface area contributed by atoms with Gasteiger partial charge in [0.1, 0.15) is 17.1 Å². The Morgan fingerprint density at radius 3 is 2.48 bits per heavy atom. The lowest BCUT2D eigenvalue weighted by Gasteiger charge is -2.09. The smallest absolute Gasteiger partial charge is 0.296 e. The van der Waals surface area contributed by atoms with Crippen molar-refractivity contribution in [2.45, 2.75) is 33.6 Å². The Labute approximate surface area is 246 Å². The fraction of sp³-hybridized carbons (Fsp3) is 0.182.